The minimum atomic E-state index is -0.464. The van der Waals surface area contributed by atoms with Crippen LogP contribution in [0.15, 0.2) is 79.3 Å². The fraction of sp³-hybridized carbons (Fsp3) is 0.241. The summed E-state index contributed by atoms with van der Waals surface area (Å²) in [6, 6.07) is 17.8. The average Bonchev–Trinajstić information content (AvgIpc) is 3.40. The van der Waals surface area contributed by atoms with Crippen LogP contribution >= 0.6 is 12.2 Å². The number of carbonyl (C=O) groups is 1. The first-order valence-electron chi connectivity index (χ1n) is 12.5. The number of aryl methyl sites for hydroxylation is 1. The van der Waals surface area contributed by atoms with E-state index < -0.39 is 5.82 Å². The molecule has 5 rings (SSSR count). The van der Waals surface area contributed by atoms with Crippen molar-refractivity contribution < 1.29 is 9.18 Å². The Morgan fingerprint density at radius 3 is 2.58 bits per heavy atom. The molecule has 9 heteroatoms. The van der Waals surface area contributed by atoms with Crippen molar-refractivity contribution in [3.05, 3.63) is 113 Å². The zero-order valence-corrected chi connectivity index (χ0v) is 22.1. The van der Waals surface area contributed by atoms with Gasteiger partial charge in [-0.25, -0.2) is 4.39 Å². The van der Waals surface area contributed by atoms with Crippen LogP contribution in [-0.2, 0) is 11.3 Å². The fourth-order valence-corrected chi connectivity index (χ4v) is 5.36. The number of carbonyl (C=O) groups excluding carboxylic acids is 1. The summed E-state index contributed by atoms with van der Waals surface area (Å²) in [6.45, 7) is 5.31. The topological polar surface area (TPSA) is 75.1 Å². The van der Waals surface area contributed by atoms with Crippen molar-refractivity contribution in [3.8, 4) is 0 Å². The summed E-state index contributed by atoms with van der Waals surface area (Å²) in [7, 11) is 0. The monoisotopic (exact) mass is 528 g/mol. The molecule has 0 radical (unpaired) electrons. The number of amides is 1. The zero-order valence-electron chi connectivity index (χ0n) is 21.3. The van der Waals surface area contributed by atoms with Gasteiger partial charge in [0.05, 0.1) is 23.5 Å². The predicted molar refractivity (Wildman–Crippen MR) is 149 cm³/mol. The predicted octanol–water partition coefficient (Wildman–Crippen LogP) is 5.08. The number of hydrogen-bond acceptors (Lipinski definition) is 4. The first-order chi connectivity index (χ1) is 18.4. The molecular formula is C29H29FN6OS. The Bertz CT molecular complexity index is 1440. The third-order valence-corrected chi connectivity index (χ3v) is 7.30. The lowest BCUT2D eigenvalue weighted by Gasteiger charge is -2.28. The van der Waals surface area contributed by atoms with Crippen LogP contribution in [0.5, 0.6) is 0 Å². The van der Waals surface area contributed by atoms with Gasteiger partial charge in [-0.1, -0.05) is 18.2 Å². The largest absolute Gasteiger partial charge is 0.352 e. The Kier molecular flexibility index (Phi) is 7.46. The molecule has 0 bridgehead atoms. The van der Waals surface area contributed by atoms with Crippen molar-refractivity contribution in [1.82, 2.24) is 24.8 Å². The highest BCUT2D eigenvalue weighted by Gasteiger charge is 2.41. The summed E-state index contributed by atoms with van der Waals surface area (Å²) >= 11 is 5.77. The van der Waals surface area contributed by atoms with E-state index in [2.05, 4.69) is 45.1 Å². The van der Waals surface area contributed by atoms with E-state index in [1.54, 1.807) is 36.8 Å². The molecule has 1 aromatic carbocycles. The Labute approximate surface area is 226 Å². The number of nitrogens with one attached hydrogen (secondary N) is 2. The van der Waals surface area contributed by atoms with Crippen LogP contribution in [0.3, 0.4) is 0 Å². The number of para-hydroxylation sites is 1. The van der Waals surface area contributed by atoms with E-state index in [9.17, 15) is 9.18 Å². The summed E-state index contributed by atoms with van der Waals surface area (Å²) < 4.78 is 16.3. The number of rotatable bonds is 8. The lowest BCUT2D eigenvalue weighted by atomic mass is 9.96. The number of anilines is 1. The molecule has 2 N–H and O–H groups in total. The van der Waals surface area contributed by atoms with Gasteiger partial charge in [-0.2, -0.15) is 0 Å². The SMILES string of the molecule is Cc1cc([C@H]2[C@H](c3ccccn3)NC(=S)N2CCC(=O)Nc2ccccc2F)c(C)n1Cc1ccncc1. The highest BCUT2D eigenvalue weighted by molar-refractivity contribution is 7.80. The van der Waals surface area contributed by atoms with Crippen molar-refractivity contribution in [2.75, 3.05) is 11.9 Å². The number of aromatic nitrogens is 3. The van der Waals surface area contributed by atoms with Gasteiger partial charge in [-0.3, -0.25) is 14.8 Å². The maximum atomic E-state index is 14.0. The molecule has 0 unspecified atom stereocenters. The van der Waals surface area contributed by atoms with Crippen LogP contribution in [0, 0.1) is 19.7 Å². The van der Waals surface area contributed by atoms with Gasteiger partial charge < -0.3 is 20.1 Å². The summed E-state index contributed by atoms with van der Waals surface area (Å²) in [5.74, 6) is -0.741. The van der Waals surface area contributed by atoms with Gasteiger partial charge in [0.2, 0.25) is 5.91 Å². The molecule has 2 atom stereocenters. The van der Waals surface area contributed by atoms with Crippen LogP contribution in [0.1, 0.15) is 46.7 Å². The summed E-state index contributed by atoms with van der Waals surface area (Å²) in [5.41, 5.74) is 5.58. The fourth-order valence-electron chi connectivity index (χ4n) is 5.02. The number of thiocarbonyl (C=S) groups is 1. The minimum absolute atomic E-state index is 0.150. The van der Waals surface area contributed by atoms with Crippen molar-refractivity contribution in [1.29, 1.82) is 0 Å². The van der Waals surface area contributed by atoms with E-state index in [1.165, 1.54) is 6.07 Å². The van der Waals surface area contributed by atoms with Crippen molar-refractivity contribution >= 4 is 28.9 Å². The number of nitrogens with zero attached hydrogens (tertiary/aromatic N) is 4. The van der Waals surface area contributed by atoms with Gasteiger partial charge in [0, 0.05) is 49.5 Å². The Morgan fingerprint density at radius 1 is 1.08 bits per heavy atom. The van der Waals surface area contributed by atoms with Gasteiger partial charge in [0.25, 0.3) is 0 Å². The Balaban J connectivity index is 1.43. The molecule has 1 saturated heterocycles. The van der Waals surface area contributed by atoms with E-state index in [4.69, 9.17) is 12.2 Å². The molecule has 1 aliphatic heterocycles. The molecule has 4 heterocycles. The van der Waals surface area contributed by atoms with E-state index in [0.29, 0.717) is 11.7 Å². The quantitative estimate of drug-likeness (QED) is 0.311. The van der Waals surface area contributed by atoms with Crippen molar-refractivity contribution in [3.63, 3.8) is 0 Å². The first-order valence-corrected chi connectivity index (χ1v) is 12.9. The molecule has 0 aliphatic carbocycles. The van der Waals surface area contributed by atoms with Gasteiger partial charge in [-0.05, 0) is 79.7 Å². The van der Waals surface area contributed by atoms with E-state index >= 15 is 0 Å². The van der Waals surface area contributed by atoms with Gasteiger partial charge in [-0.15, -0.1) is 0 Å². The van der Waals surface area contributed by atoms with E-state index in [0.717, 1.165) is 34.8 Å². The second kappa shape index (κ2) is 11.1. The van der Waals surface area contributed by atoms with Gasteiger partial charge in [0.15, 0.2) is 5.11 Å². The number of halogens is 1. The van der Waals surface area contributed by atoms with Crippen molar-refractivity contribution in [2.45, 2.75) is 38.9 Å². The lowest BCUT2D eigenvalue weighted by Crippen LogP contribution is -2.33. The van der Waals surface area contributed by atoms with Crippen LogP contribution in [0.2, 0.25) is 0 Å². The zero-order chi connectivity index (χ0) is 26.6. The second-order valence-electron chi connectivity index (χ2n) is 9.37. The highest BCUT2D eigenvalue weighted by atomic mass is 32.1. The Morgan fingerprint density at radius 2 is 1.84 bits per heavy atom. The number of hydrogen-bond donors (Lipinski definition) is 2. The smallest absolute Gasteiger partial charge is 0.226 e. The molecule has 7 nitrogen and oxygen atoms in total. The summed E-state index contributed by atoms with van der Waals surface area (Å²) in [5, 5.41) is 6.67. The van der Waals surface area contributed by atoms with Gasteiger partial charge in [0.1, 0.15) is 5.82 Å². The van der Waals surface area contributed by atoms with Crippen LogP contribution in [-0.4, -0.2) is 37.0 Å². The van der Waals surface area contributed by atoms with Crippen LogP contribution in [0.4, 0.5) is 10.1 Å². The third-order valence-electron chi connectivity index (χ3n) is 6.95. The minimum Gasteiger partial charge on any atom is -0.352 e. The summed E-state index contributed by atoms with van der Waals surface area (Å²) in [6.07, 6.45) is 5.52. The Hall–Kier alpha value is -4.11. The molecule has 1 amide bonds. The summed E-state index contributed by atoms with van der Waals surface area (Å²) in [4.78, 5) is 23.5. The molecule has 3 aromatic heterocycles. The van der Waals surface area contributed by atoms with Crippen LogP contribution < -0.4 is 10.6 Å². The second-order valence-corrected chi connectivity index (χ2v) is 9.75. The lowest BCUT2D eigenvalue weighted by molar-refractivity contribution is -0.116. The van der Waals surface area contributed by atoms with E-state index in [1.807, 2.05) is 35.2 Å². The normalized spacial score (nSPS) is 16.9. The molecule has 0 spiro atoms. The molecule has 1 fully saturated rings. The number of benzene rings is 1. The maximum Gasteiger partial charge on any atom is 0.226 e. The highest BCUT2D eigenvalue weighted by Crippen LogP contribution is 2.41. The molecule has 194 valence electrons. The molecule has 1 aliphatic rings. The van der Waals surface area contributed by atoms with E-state index in [-0.39, 0.29) is 30.1 Å². The first kappa shape index (κ1) is 25.5. The number of pyridine rings is 2. The average molecular weight is 529 g/mol. The van der Waals surface area contributed by atoms with Gasteiger partial charge >= 0.3 is 0 Å². The molecule has 0 saturated carbocycles. The third kappa shape index (κ3) is 5.28. The van der Waals surface area contributed by atoms with Crippen LogP contribution in [0.25, 0.3) is 0 Å². The molecule has 4 aromatic rings. The molecular weight excluding hydrogens is 499 g/mol. The molecule has 38 heavy (non-hydrogen) atoms. The van der Waals surface area contributed by atoms with Crippen molar-refractivity contribution in [2.24, 2.45) is 0 Å². The standard InChI is InChI=1S/C29H29FN6OS/c1-19-17-22(20(2)36(19)18-21-10-14-31-15-11-21)28-27(25-9-5-6-13-32-25)34-29(38)35(28)16-12-26(37)33-24-8-4-3-7-23(24)30/h3-11,13-15,17,27-28H,12,16,18H2,1-2H3,(H,33,37)(H,34,38)/t27-,28-/m0/s1. The maximum absolute atomic E-state index is 14.0.